The number of aromatic hydroxyl groups is 1. The van der Waals surface area contributed by atoms with Crippen LogP contribution in [-0.2, 0) is 17.6 Å². The molecule has 7 heteroatoms. The zero-order chi connectivity index (χ0) is 19.6. The van der Waals surface area contributed by atoms with Crippen molar-refractivity contribution < 1.29 is 9.84 Å². The molecular weight excluding hydrogens is 408 g/mol. The molecule has 2 aromatic carbocycles. The fraction of sp³-hybridized carbons (Fsp3) is 0.409. The molecule has 1 aromatic heterocycles. The highest BCUT2D eigenvalue weighted by Gasteiger charge is 2.09. The number of aromatic amines is 1. The summed E-state index contributed by atoms with van der Waals surface area (Å²) >= 11 is 1.16. The van der Waals surface area contributed by atoms with Gasteiger partial charge in [-0.3, -0.25) is 4.79 Å². The number of hydrogen-bond donors (Lipinski definition) is 3. The van der Waals surface area contributed by atoms with Gasteiger partial charge < -0.3 is 20.1 Å². The quantitative estimate of drug-likeness (QED) is 0.370. The number of phenols is 1. The van der Waals surface area contributed by atoms with Gasteiger partial charge in [-0.15, -0.1) is 12.4 Å². The van der Waals surface area contributed by atoms with Crippen LogP contribution in [0.25, 0.3) is 10.2 Å². The number of unbranched alkanes of at least 4 members (excludes halogenated alkanes) is 2. The molecule has 3 rings (SSSR count). The van der Waals surface area contributed by atoms with E-state index in [2.05, 4.69) is 34.6 Å². The molecule has 0 aliphatic rings. The lowest BCUT2D eigenvalue weighted by Gasteiger charge is -2.07. The summed E-state index contributed by atoms with van der Waals surface area (Å²) in [6.07, 6.45) is 5.19. The van der Waals surface area contributed by atoms with E-state index in [4.69, 9.17) is 4.74 Å². The number of thiazole rings is 1. The van der Waals surface area contributed by atoms with Crippen LogP contribution >= 0.6 is 23.7 Å². The Balaban J connectivity index is 0.00000300. The van der Waals surface area contributed by atoms with Crippen LogP contribution in [0.5, 0.6) is 5.75 Å². The highest BCUT2D eigenvalue weighted by Crippen LogP contribution is 2.27. The van der Waals surface area contributed by atoms with Gasteiger partial charge in [0, 0.05) is 6.61 Å². The zero-order valence-corrected chi connectivity index (χ0v) is 18.1. The molecular formula is C22H29ClN2O3S. The molecule has 1 heterocycles. The van der Waals surface area contributed by atoms with Crippen molar-refractivity contribution in [3.63, 3.8) is 0 Å². The van der Waals surface area contributed by atoms with Gasteiger partial charge in [-0.05, 0) is 62.4 Å². The molecule has 0 radical (unpaired) electrons. The molecule has 0 spiro atoms. The molecule has 29 heavy (non-hydrogen) atoms. The molecule has 5 nitrogen and oxygen atoms in total. The topological polar surface area (TPSA) is 74.4 Å². The molecule has 3 N–H and O–H groups in total. The average Bonchev–Trinajstić information content (AvgIpc) is 3.11. The number of hydrogen-bond acceptors (Lipinski definition) is 5. The maximum Gasteiger partial charge on any atom is 0.305 e. The zero-order valence-electron chi connectivity index (χ0n) is 16.5. The van der Waals surface area contributed by atoms with Crippen molar-refractivity contribution in [2.45, 2.75) is 32.1 Å². The molecule has 0 unspecified atom stereocenters. The molecule has 0 saturated heterocycles. The van der Waals surface area contributed by atoms with Gasteiger partial charge in [0.25, 0.3) is 0 Å². The van der Waals surface area contributed by atoms with Crippen LogP contribution in [0.3, 0.4) is 0 Å². The van der Waals surface area contributed by atoms with Crippen LogP contribution < -0.4 is 10.2 Å². The molecule has 3 aromatic rings. The molecule has 0 amide bonds. The molecule has 0 saturated carbocycles. The first-order valence-corrected chi connectivity index (χ1v) is 10.7. The summed E-state index contributed by atoms with van der Waals surface area (Å²) in [5.41, 5.74) is 2.97. The lowest BCUT2D eigenvalue weighted by atomic mass is 10.1. The van der Waals surface area contributed by atoms with E-state index in [0.29, 0.717) is 5.52 Å². The second-order valence-electron chi connectivity index (χ2n) is 6.87. The number of nitrogens with one attached hydrogen (secondary N) is 2. The maximum atomic E-state index is 11.5. The molecule has 158 valence electrons. The molecule has 0 atom stereocenters. The SMILES string of the molecule is Cl.O=c1[nH]c2c(O)ccc(CCNCCCCCOCCc3ccccc3)c2s1. The number of ether oxygens (including phenoxy) is 1. The van der Waals surface area contributed by atoms with Gasteiger partial charge in [-0.25, -0.2) is 0 Å². The van der Waals surface area contributed by atoms with Crippen LogP contribution in [0.2, 0.25) is 0 Å². The minimum absolute atomic E-state index is 0. The predicted octanol–water partition coefficient (Wildman–Crippen LogP) is 4.28. The third kappa shape index (κ3) is 7.48. The highest BCUT2D eigenvalue weighted by molar-refractivity contribution is 7.16. The lowest BCUT2D eigenvalue weighted by molar-refractivity contribution is 0.133. The van der Waals surface area contributed by atoms with Gasteiger partial charge in [-0.2, -0.15) is 0 Å². The summed E-state index contributed by atoms with van der Waals surface area (Å²) in [6.45, 7) is 3.45. The van der Waals surface area contributed by atoms with Crippen molar-refractivity contribution in [2.24, 2.45) is 0 Å². The van der Waals surface area contributed by atoms with Gasteiger partial charge in [0.1, 0.15) is 11.3 Å². The molecule has 0 aliphatic heterocycles. The predicted molar refractivity (Wildman–Crippen MR) is 123 cm³/mol. The minimum atomic E-state index is -0.128. The summed E-state index contributed by atoms with van der Waals surface area (Å²) in [5, 5.41) is 13.3. The summed E-state index contributed by atoms with van der Waals surface area (Å²) < 4.78 is 6.57. The van der Waals surface area contributed by atoms with Crippen LogP contribution in [0.1, 0.15) is 30.4 Å². The number of benzene rings is 2. The van der Waals surface area contributed by atoms with E-state index < -0.39 is 0 Å². The van der Waals surface area contributed by atoms with E-state index >= 15 is 0 Å². The Morgan fingerprint density at radius 2 is 1.79 bits per heavy atom. The number of H-pyrrole nitrogens is 1. The van der Waals surface area contributed by atoms with Gasteiger partial charge in [-0.1, -0.05) is 47.7 Å². The van der Waals surface area contributed by atoms with Gasteiger partial charge >= 0.3 is 4.87 Å². The van der Waals surface area contributed by atoms with Crippen molar-refractivity contribution in [3.05, 3.63) is 63.3 Å². The Hall–Kier alpha value is -1.86. The van der Waals surface area contributed by atoms with E-state index in [9.17, 15) is 9.90 Å². The third-order valence-electron chi connectivity index (χ3n) is 4.73. The van der Waals surface area contributed by atoms with E-state index in [0.717, 1.165) is 80.0 Å². The Labute approximate surface area is 181 Å². The smallest absolute Gasteiger partial charge is 0.305 e. The number of aromatic nitrogens is 1. The lowest BCUT2D eigenvalue weighted by Crippen LogP contribution is -2.18. The number of halogens is 1. The van der Waals surface area contributed by atoms with Gasteiger partial charge in [0.2, 0.25) is 0 Å². The average molecular weight is 437 g/mol. The van der Waals surface area contributed by atoms with Gasteiger partial charge in [0.15, 0.2) is 0 Å². The Morgan fingerprint density at radius 1 is 0.966 bits per heavy atom. The molecule has 0 fully saturated rings. The second-order valence-corrected chi connectivity index (χ2v) is 7.85. The molecule has 0 aliphatic carbocycles. The number of fused-ring (bicyclic) bond motifs is 1. The number of phenolic OH excluding ortho intramolecular Hbond substituents is 1. The fourth-order valence-corrected chi connectivity index (χ4v) is 4.08. The van der Waals surface area contributed by atoms with E-state index in [1.54, 1.807) is 6.07 Å². The van der Waals surface area contributed by atoms with Gasteiger partial charge in [0.05, 0.1) is 11.3 Å². The first kappa shape index (κ1) is 23.4. The summed E-state index contributed by atoms with van der Waals surface area (Å²) in [5.74, 6) is 0.135. The van der Waals surface area contributed by atoms with Crippen molar-refractivity contribution in [2.75, 3.05) is 26.3 Å². The van der Waals surface area contributed by atoms with Crippen LogP contribution in [0, 0.1) is 0 Å². The summed E-state index contributed by atoms with van der Waals surface area (Å²) in [4.78, 5) is 14.1. The standard InChI is InChI=1S/C22H28N2O3S.ClH/c25-19-10-9-18(21-20(19)24-22(26)28-21)11-14-23-13-5-2-6-15-27-16-12-17-7-3-1-4-8-17;/h1,3-4,7-10,23,25H,2,5-6,11-16H2,(H,24,26);1H. The van der Waals surface area contributed by atoms with E-state index in [1.165, 1.54) is 5.56 Å². The van der Waals surface area contributed by atoms with Crippen LogP contribution in [0.15, 0.2) is 47.3 Å². The van der Waals surface area contributed by atoms with Crippen LogP contribution in [0.4, 0.5) is 0 Å². The second kappa shape index (κ2) is 12.6. The molecule has 0 bridgehead atoms. The summed E-state index contributed by atoms with van der Waals surface area (Å²) in [6, 6.07) is 14.0. The highest BCUT2D eigenvalue weighted by atomic mass is 35.5. The van der Waals surface area contributed by atoms with E-state index in [1.807, 2.05) is 12.1 Å². The summed E-state index contributed by atoms with van der Waals surface area (Å²) in [7, 11) is 0. The van der Waals surface area contributed by atoms with Crippen molar-refractivity contribution >= 4 is 34.0 Å². The Morgan fingerprint density at radius 3 is 2.62 bits per heavy atom. The Kier molecular flexibility index (Phi) is 10.2. The van der Waals surface area contributed by atoms with Crippen molar-refractivity contribution in [3.8, 4) is 5.75 Å². The number of rotatable bonds is 12. The van der Waals surface area contributed by atoms with Crippen molar-refractivity contribution in [1.29, 1.82) is 0 Å². The maximum absolute atomic E-state index is 11.5. The largest absolute Gasteiger partial charge is 0.506 e. The fourth-order valence-electron chi connectivity index (χ4n) is 3.19. The van der Waals surface area contributed by atoms with Crippen LogP contribution in [-0.4, -0.2) is 36.4 Å². The van der Waals surface area contributed by atoms with E-state index in [-0.39, 0.29) is 23.0 Å². The monoisotopic (exact) mass is 436 g/mol. The first-order chi connectivity index (χ1) is 13.7. The van der Waals surface area contributed by atoms with Crippen molar-refractivity contribution in [1.82, 2.24) is 10.3 Å². The normalized spacial score (nSPS) is 10.9. The minimum Gasteiger partial charge on any atom is -0.506 e. The third-order valence-corrected chi connectivity index (χ3v) is 5.69. The first-order valence-electron chi connectivity index (χ1n) is 9.90. The Bertz CT molecular complexity index is 911.